The van der Waals surface area contributed by atoms with Crippen LogP contribution in [0, 0.1) is 6.92 Å². The van der Waals surface area contributed by atoms with Crippen LogP contribution in [-0.4, -0.2) is 15.2 Å². The highest BCUT2D eigenvalue weighted by molar-refractivity contribution is 5.74. The molecule has 2 rings (SSSR count). The van der Waals surface area contributed by atoms with Crippen molar-refractivity contribution < 1.29 is 0 Å². The Hall–Kier alpha value is -1.84. The molecule has 0 bridgehead atoms. The predicted octanol–water partition coefficient (Wildman–Crippen LogP) is 1.92. The lowest BCUT2D eigenvalue weighted by atomic mass is 10.1. The zero-order valence-electron chi connectivity index (χ0n) is 8.91. The maximum absolute atomic E-state index is 5.91. The molecule has 0 saturated heterocycles. The van der Waals surface area contributed by atoms with Crippen LogP contribution in [0.4, 0.5) is 5.69 Å². The molecule has 15 heavy (non-hydrogen) atoms. The van der Waals surface area contributed by atoms with E-state index >= 15 is 0 Å². The van der Waals surface area contributed by atoms with Gasteiger partial charge in [-0.25, -0.2) is 4.98 Å². The fourth-order valence-corrected chi connectivity index (χ4v) is 1.56. The molecule has 0 aliphatic carbocycles. The molecule has 3 N–H and O–H groups in total. The molecule has 0 saturated carbocycles. The maximum atomic E-state index is 5.91. The number of nitrogen functional groups attached to an aromatic ring is 1. The summed E-state index contributed by atoms with van der Waals surface area (Å²) in [6.07, 6.45) is 0.846. The zero-order valence-corrected chi connectivity index (χ0v) is 8.91. The Morgan fingerprint density at radius 3 is 2.80 bits per heavy atom. The SMILES string of the molecule is CCc1nc(-c2c(C)cccc2N)n[nH]1. The summed E-state index contributed by atoms with van der Waals surface area (Å²) in [5.74, 6) is 1.56. The lowest BCUT2D eigenvalue weighted by molar-refractivity contribution is 0.946. The van der Waals surface area contributed by atoms with E-state index in [4.69, 9.17) is 5.73 Å². The van der Waals surface area contributed by atoms with Crippen LogP contribution < -0.4 is 5.73 Å². The quantitative estimate of drug-likeness (QED) is 0.731. The fraction of sp³-hybridized carbons (Fsp3) is 0.273. The summed E-state index contributed by atoms with van der Waals surface area (Å²) in [5, 5.41) is 7.05. The van der Waals surface area contributed by atoms with Crippen molar-refractivity contribution in [3.05, 3.63) is 29.6 Å². The van der Waals surface area contributed by atoms with E-state index in [1.54, 1.807) is 0 Å². The Kier molecular flexibility index (Phi) is 2.41. The number of aromatic nitrogens is 3. The number of rotatable bonds is 2. The van der Waals surface area contributed by atoms with Gasteiger partial charge in [0.2, 0.25) is 0 Å². The largest absolute Gasteiger partial charge is 0.398 e. The van der Waals surface area contributed by atoms with Crippen LogP contribution in [0.3, 0.4) is 0 Å². The monoisotopic (exact) mass is 202 g/mol. The van der Waals surface area contributed by atoms with Crippen molar-refractivity contribution in [2.45, 2.75) is 20.3 Å². The molecule has 0 aliphatic heterocycles. The van der Waals surface area contributed by atoms with E-state index in [2.05, 4.69) is 15.2 Å². The highest BCUT2D eigenvalue weighted by atomic mass is 15.2. The Morgan fingerprint density at radius 2 is 2.20 bits per heavy atom. The molecule has 0 atom stereocenters. The summed E-state index contributed by atoms with van der Waals surface area (Å²) in [4.78, 5) is 4.37. The van der Waals surface area contributed by atoms with Crippen LogP contribution >= 0.6 is 0 Å². The van der Waals surface area contributed by atoms with Crippen LogP contribution in [0.5, 0.6) is 0 Å². The van der Waals surface area contributed by atoms with Crippen LogP contribution in [0.2, 0.25) is 0 Å². The highest BCUT2D eigenvalue weighted by Crippen LogP contribution is 2.26. The number of nitrogens with one attached hydrogen (secondary N) is 1. The van der Waals surface area contributed by atoms with Gasteiger partial charge in [0, 0.05) is 17.7 Å². The van der Waals surface area contributed by atoms with Gasteiger partial charge < -0.3 is 5.73 Å². The standard InChI is InChI=1S/C11H14N4/c1-3-9-13-11(15-14-9)10-7(2)5-4-6-8(10)12/h4-6H,3,12H2,1-2H3,(H,13,14,15). The highest BCUT2D eigenvalue weighted by Gasteiger charge is 2.10. The fourth-order valence-electron chi connectivity index (χ4n) is 1.56. The van der Waals surface area contributed by atoms with Gasteiger partial charge in [0.15, 0.2) is 5.82 Å². The third-order valence-electron chi connectivity index (χ3n) is 2.40. The Balaban J connectivity index is 2.53. The molecular formula is C11H14N4. The third-order valence-corrected chi connectivity index (χ3v) is 2.40. The van der Waals surface area contributed by atoms with Crippen LogP contribution in [0.15, 0.2) is 18.2 Å². The minimum Gasteiger partial charge on any atom is -0.398 e. The number of aryl methyl sites for hydroxylation is 2. The lowest BCUT2D eigenvalue weighted by Gasteiger charge is -2.04. The van der Waals surface area contributed by atoms with Gasteiger partial charge in [0.05, 0.1) is 0 Å². The second kappa shape index (κ2) is 3.73. The van der Waals surface area contributed by atoms with E-state index in [1.165, 1.54) is 0 Å². The predicted molar refractivity (Wildman–Crippen MR) is 60.3 cm³/mol. The maximum Gasteiger partial charge on any atom is 0.183 e. The van der Waals surface area contributed by atoms with Crippen molar-refractivity contribution in [3.8, 4) is 11.4 Å². The Morgan fingerprint density at radius 1 is 1.40 bits per heavy atom. The minimum atomic E-state index is 0.683. The van der Waals surface area contributed by atoms with E-state index in [9.17, 15) is 0 Å². The number of hydrogen-bond acceptors (Lipinski definition) is 3. The van der Waals surface area contributed by atoms with Gasteiger partial charge >= 0.3 is 0 Å². The molecule has 2 aromatic rings. The molecule has 0 aliphatic rings. The van der Waals surface area contributed by atoms with Crippen LogP contribution in [-0.2, 0) is 6.42 Å². The number of H-pyrrole nitrogens is 1. The van der Waals surface area contributed by atoms with Crippen molar-refractivity contribution in [1.82, 2.24) is 15.2 Å². The van der Waals surface area contributed by atoms with E-state index in [-0.39, 0.29) is 0 Å². The van der Waals surface area contributed by atoms with E-state index in [0.717, 1.165) is 29.1 Å². The molecular weight excluding hydrogens is 188 g/mol. The van der Waals surface area contributed by atoms with Crippen molar-refractivity contribution in [1.29, 1.82) is 0 Å². The van der Waals surface area contributed by atoms with Gasteiger partial charge in [-0.3, -0.25) is 5.10 Å². The summed E-state index contributed by atoms with van der Waals surface area (Å²) in [7, 11) is 0. The topological polar surface area (TPSA) is 67.6 Å². The van der Waals surface area contributed by atoms with Gasteiger partial charge in [-0.2, -0.15) is 5.10 Å². The van der Waals surface area contributed by atoms with Crippen molar-refractivity contribution >= 4 is 5.69 Å². The van der Waals surface area contributed by atoms with Crippen molar-refractivity contribution in [2.75, 3.05) is 5.73 Å². The molecule has 1 heterocycles. The number of nitrogens with zero attached hydrogens (tertiary/aromatic N) is 2. The second-order valence-corrected chi connectivity index (χ2v) is 3.50. The van der Waals surface area contributed by atoms with Crippen molar-refractivity contribution in [3.63, 3.8) is 0 Å². The summed E-state index contributed by atoms with van der Waals surface area (Å²) in [5.41, 5.74) is 8.65. The first-order valence-electron chi connectivity index (χ1n) is 4.99. The van der Waals surface area contributed by atoms with Gasteiger partial charge in [-0.15, -0.1) is 0 Å². The Bertz CT molecular complexity index is 453. The molecule has 0 radical (unpaired) electrons. The number of benzene rings is 1. The Labute approximate surface area is 88.5 Å². The third kappa shape index (κ3) is 1.70. The zero-order chi connectivity index (χ0) is 10.8. The number of anilines is 1. The molecule has 0 unspecified atom stereocenters. The molecule has 0 amide bonds. The number of hydrogen-bond donors (Lipinski definition) is 2. The van der Waals surface area contributed by atoms with Gasteiger partial charge in [0.1, 0.15) is 5.82 Å². The normalized spacial score (nSPS) is 10.5. The molecule has 4 nitrogen and oxygen atoms in total. The van der Waals surface area contributed by atoms with E-state index in [0.29, 0.717) is 5.82 Å². The molecule has 4 heteroatoms. The number of aromatic amines is 1. The smallest absolute Gasteiger partial charge is 0.183 e. The summed E-state index contributed by atoms with van der Waals surface area (Å²) < 4.78 is 0. The van der Waals surface area contributed by atoms with Gasteiger partial charge in [-0.05, 0) is 18.6 Å². The first-order chi connectivity index (χ1) is 7.22. The summed E-state index contributed by atoms with van der Waals surface area (Å²) in [6, 6.07) is 5.81. The van der Waals surface area contributed by atoms with Crippen LogP contribution in [0.25, 0.3) is 11.4 Å². The minimum absolute atomic E-state index is 0.683. The second-order valence-electron chi connectivity index (χ2n) is 3.50. The van der Waals surface area contributed by atoms with Gasteiger partial charge in [0.25, 0.3) is 0 Å². The molecule has 1 aromatic heterocycles. The van der Waals surface area contributed by atoms with E-state index < -0.39 is 0 Å². The molecule has 0 spiro atoms. The van der Waals surface area contributed by atoms with E-state index in [1.807, 2.05) is 32.0 Å². The van der Waals surface area contributed by atoms with Gasteiger partial charge in [-0.1, -0.05) is 19.1 Å². The molecule has 0 fully saturated rings. The van der Waals surface area contributed by atoms with Crippen molar-refractivity contribution in [2.24, 2.45) is 0 Å². The first kappa shape index (κ1) is 9.71. The average Bonchev–Trinajstić information content (AvgIpc) is 2.66. The summed E-state index contributed by atoms with van der Waals surface area (Å²) in [6.45, 7) is 4.04. The molecule has 78 valence electrons. The molecule has 1 aromatic carbocycles. The average molecular weight is 202 g/mol. The number of nitrogens with two attached hydrogens (primary N) is 1. The summed E-state index contributed by atoms with van der Waals surface area (Å²) >= 11 is 0. The lowest BCUT2D eigenvalue weighted by Crippen LogP contribution is -1.94. The first-order valence-corrected chi connectivity index (χ1v) is 4.99. The van der Waals surface area contributed by atoms with Crippen LogP contribution in [0.1, 0.15) is 18.3 Å².